The van der Waals surface area contributed by atoms with Crippen LogP contribution < -0.4 is 5.32 Å². The van der Waals surface area contributed by atoms with Crippen molar-refractivity contribution in [1.82, 2.24) is 5.32 Å². The van der Waals surface area contributed by atoms with Crippen molar-refractivity contribution in [3.05, 3.63) is 12.2 Å². The van der Waals surface area contributed by atoms with Crippen molar-refractivity contribution in [2.75, 3.05) is 0 Å². The zero-order valence-electron chi connectivity index (χ0n) is 9.74. The first-order valence-corrected chi connectivity index (χ1v) is 5.00. The summed E-state index contributed by atoms with van der Waals surface area (Å²) in [4.78, 5) is 21.4. The number of carbonyl (C=O) groups is 2. The molecule has 0 rings (SSSR count). The van der Waals surface area contributed by atoms with Gasteiger partial charge in [0.15, 0.2) is 0 Å². The Hall–Kier alpha value is -1.32. The zero-order chi connectivity index (χ0) is 11.9. The van der Waals surface area contributed by atoms with Crippen molar-refractivity contribution in [1.29, 1.82) is 0 Å². The molecule has 0 heterocycles. The second-order valence-corrected chi connectivity index (χ2v) is 4.18. The number of ether oxygens (including phenoxy) is 1. The summed E-state index contributed by atoms with van der Waals surface area (Å²) in [5.41, 5.74) is -0.503. The van der Waals surface area contributed by atoms with Crippen LogP contribution in [-0.2, 0) is 9.53 Å². The van der Waals surface area contributed by atoms with Gasteiger partial charge in [-0.3, -0.25) is 4.79 Å². The summed E-state index contributed by atoms with van der Waals surface area (Å²) in [5.74, 6) is 0. The van der Waals surface area contributed by atoms with E-state index in [1.807, 2.05) is 6.92 Å². The van der Waals surface area contributed by atoms with Crippen LogP contribution in [-0.4, -0.2) is 24.0 Å². The van der Waals surface area contributed by atoms with E-state index in [4.69, 9.17) is 4.74 Å². The molecular weight excluding hydrogens is 194 g/mol. The lowest BCUT2D eigenvalue weighted by Crippen LogP contribution is -2.37. The molecule has 86 valence electrons. The van der Waals surface area contributed by atoms with Gasteiger partial charge in [-0.05, 0) is 33.3 Å². The predicted octanol–water partition coefficient (Wildman–Crippen LogP) is 2.04. The first-order chi connectivity index (χ1) is 6.89. The van der Waals surface area contributed by atoms with Gasteiger partial charge in [0.25, 0.3) is 0 Å². The third-order valence-electron chi connectivity index (χ3n) is 1.56. The van der Waals surface area contributed by atoms with Crippen LogP contribution in [0.2, 0.25) is 0 Å². The number of nitrogens with one attached hydrogen (secondary N) is 1. The number of aldehydes is 1. The van der Waals surface area contributed by atoms with Crippen LogP contribution in [0.25, 0.3) is 0 Å². The summed E-state index contributed by atoms with van der Waals surface area (Å²) in [5, 5.41) is 2.65. The van der Waals surface area contributed by atoms with Gasteiger partial charge in [-0.15, -0.1) is 0 Å². The molecule has 0 radical (unpaired) electrons. The Bertz CT molecular complexity index is 241. The highest BCUT2D eigenvalue weighted by Gasteiger charge is 2.17. The van der Waals surface area contributed by atoms with Crippen molar-refractivity contribution in [2.45, 2.75) is 45.8 Å². The van der Waals surface area contributed by atoms with Crippen molar-refractivity contribution >= 4 is 12.4 Å². The summed E-state index contributed by atoms with van der Waals surface area (Å²) >= 11 is 0. The second-order valence-electron chi connectivity index (χ2n) is 4.18. The maximum atomic E-state index is 11.3. The Morgan fingerprint density at radius 2 is 2.07 bits per heavy atom. The zero-order valence-corrected chi connectivity index (χ0v) is 9.74. The number of hydrogen-bond donors (Lipinski definition) is 1. The Labute approximate surface area is 90.7 Å². The number of hydrogen-bond acceptors (Lipinski definition) is 3. The summed E-state index contributed by atoms with van der Waals surface area (Å²) in [6, 6.07) is -0.162. The van der Waals surface area contributed by atoms with Gasteiger partial charge in [-0.1, -0.05) is 13.0 Å². The largest absolute Gasteiger partial charge is 0.444 e. The van der Waals surface area contributed by atoms with Crippen LogP contribution in [0, 0.1) is 0 Å². The third kappa shape index (κ3) is 7.73. The van der Waals surface area contributed by atoms with E-state index in [1.54, 1.807) is 26.8 Å². The first kappa shape index (κ1) is 13.7. The highest BCUT2D eigenvalue weighted by atomic mass is 16.6. The second kappa shape index (κ2) is 6.22. The van der Waals surface area contributed by atoms with E-state index in [0.29, 0.717) is 12.7 Å². The topological polar surface area (TPSA) is 55.4 Å². The van der Waals surface area contributed by atoms with Crippen molar-refractivity contribution in [3.8, 4) is 0 Å². The molecule has 0 saturated heterocycles. The van der Waals surface area contributed by atoms with Crippen molar-refractivity contribution in [2.24, 2.45) is 0 Å². The normalized spacial score (nSPS) is 13.6. The van der Waals surface area contributed by atoms with Gasteiger partial charge in [-0.2, -0.15) is 0 Å². The summed E-state index contributed by atoms with van der Waals surface area (Å²) < 4.78 is 5.08. The fourth-order valence-corrected chi connectivity index (χ4v) is 0.925. The fraction of sp³-hybridized carbons (Fsp3) is 0.636. The molecule has 0 aromatic carbocycles. The Balaban J connectivity index is 4.13. The number of alkyl carbamates (subject to hydrolysis) is 1. The van der Waals surface area contributed by atoms with E-state index in [9.17, 15) is 9.59 Å². The summed E-state index contributed by atoms with van der Waals surface area (Å²) in [6.07, 6.45) is 3.93. The molecule has 0 aromatic heterocycles. The average molecular weight is 213 g/mol. The first-order valence-electron chi connectivity index (χ1n) is 5.00. The van der Waals surface area contributed by atoms with E-state index in [1.165, 1.54) is 6.08 Å². The van der Waals surface area contributed by atoms with Crippen LogP contribution in [0.3, 0.4) is 0 Å². The smallest absolute Gasteiger partial charge is 0.408 e. The van der Waals surface area contributed by atoms with Gasteiger partial charge >= 0.3 is 6.09 Å². The van der Waals surface area contributed by atoms with Gasteiger partial charge in [0.1, 0.15) is 11.9 Å². The molecule has 0 spiro atoms. The van der Waals surface area contributed by atoms with Crippen LogP contribution in [0.1, 0.15) is 34.1 Å². The number of carbonyl (C=O) groups excluding carboxylic acids is 2. The maximum absolute atomic E-state index is 11.3. The quantitative estimate of drug-likeness (QED) is 0.574. The monoisotopic (exact) mass is 213 g/mol. The molecule has 4 heteroatoms. The molecule has 0 aliphatic heterocycles. The fourth-order valence-electron chi connectivity index (χ4n) is 0.925. The molecule has 4 nitrogen and oxygen atoms in total. The van der Waals surface area contributed by atoms with Gasteiger partial charge in [0, 0.05) is 0 Å². The molecular formula is C11H19NO3. The lowest BCUT2D eigenvalue weighted by Gasteiger charge is -2.21. The molecule has 15 heavy (non-hydrogen) atoms. The maximum Gasteiger partial charge on any atom is 0.408 e. The molecule has 0 unspecified atom stereocenters. The Morgan fingerprint density at radius 1 is 1.47 bits per heavy atom. The van der Waals surface area contributed by atoms with Crippen LogP contribution in [0.15, 0.2) is 12.2 Å². The lowest BCUT2D eigenvalue weighted by atomic mass is 10.2. The molecule has 0 bridgehead atoms. The standard InChI is InChI=1S/C11H19NO3/c1-5-9(7-6-8-13)12-10(14)15-11(2,3)4/h6-9H,5H2,1-4H3,(H,12,14)/b7-6+/t9-/m0/s1. The van der Waals surface area contributed by atoms with Crippen molar-refractivity contribution < 1.29 is 14.3 Å². The van der Waals surface area contributed by atoms with E-state index in [-0.39, 0.29) is 6.04 Å². The lowest BCUT2D eigenvalue weighted by molar-refractivity contribution is -0.104. The molecule has 0 aliphatic carbocycles. The molecule has 0 aliphatic rings. The highest BCUT2D eigenvalue weighted by Crippen LogP contribution is 2.07. The molecule has 0 aromatic rings. The van der Waals surface area contributed by atoms with Gasteiger partial charge < -0.3 is 10.1 Å². The minimum Gasteiger partial charge on any atom is -0.444 e. The summed E-state index contributed by atoms with van der Waals surface area (Å²) in [7, 11) is 0. The van der Waals surface area contributed by atoms with Crippen LogP contribution >= 0.6 is 0 Å². The SMILES string of the molecule is CC[C@@H](/C=C/C=O)NC(=O)OC(C)(C)C. The van der Waals surface area contributed by atoms with Gasteiger partial charge in [0.2, 0.25) is 0 Å². The number of allylic oxidation sites excluding steroid dienone is 1. The molecule has 1 atom stereocenters. The van der Waals surface area contributed by atoms with Gasteiger partial charge in [-0.25, -0.2) is 4.79 Å². The minimum absolute atomic E-state index is 0.162. The predicted molar refractivity (Wildman–Crippen MR) is 58.7 cm³/mol. The molecule has 1 amide bonds. The average Bonchev–Trinajstić information content (AvgIpc) is 2.09. The highest BCUT2D eigenvalue weighted by molar-refractivity contribution is 5.69. The Kier molecular flexibility index (Phi) is 5.67. The van der Waals surface area contributed by atoms with Gasteiger partial charge in [0.05, 0.1) is 6.04 Å². The van der Waals surface area contributed by atoms with Crippen molar-refractivity contribution in [3.63, 3.8) is 0 Å². The van der Waals surface area contributed by atoms with E-state index >= 15 is 0 Å². The Morgan fingerprint density at radius 3 is 2.47 bits per heavy atom. The minimum atomic E-state index is -0.503. The van der Waals surface area contributed by atoms with E-state index < -0.39 is 11.7 Å². The number of amides is 1. The summed E-state index contributed by atoms with van der Waals surface area (Å²) in [6.45, 7) is 7.32. The van der Waals surface area contributed by atoms with E-state index in [2.05, 4.69) is 5.32 Å². The molecule has 1 N–H and O–H groups in total. The molecule has 0 saturated carbocycles. The van der Waals surface area contributed by atoms with E-state index in [0.717, 1.165) is 0 Å². The van der Waals surface area contributed by atoms with Crippen LogP contribution in [0.4, 0.5) is 4.79 Å². The number of rotatable bonds is 4. The molecule has 0 fully saturated rings. The van der Waals surface area contributed by atoms with Crippen LogP contribution in [0.5, 0.6) is 0 Å². The third-order valence-corrected chi connectivity index (χ3v) is 1.56.